The lowest BCUT2D eigenvalue weighted by molar-refractivity contribution is -0.911. The van der Waals surface area contributed by atoms with Gasteiger partial charge in [0.25, 0.3) is 0 Å². The van der Waals surface area contributed by atoms with Crippen LogP contribution in [-0.4, -0.2) is 55.2 Å². The minimum atomic E-state index is -0.0920. The number of hydrogen-bond donors (Lipinski definition) is 1. The third-order valence-corrected chi connectivity index (χ3v) is 4.42. The van der Waals surface area contributed by atoms with Gasteiger partial charge in [-0.1, -0.05) is 23.2 Å². The Morgan fingerprint density at radius 1 is 1.24 bits per heavy atom. The Labute approximate surface area is 153 Å². The number of urea groups is 1. The number of carbonyl (C=O) groups excluding carboxylic acids is 1. The lowest BCUT2D eigenvalue weighted by atomic mass is 10.2. The Morgan fingerprint density at radius 3 is 2.24 bits per heavy atom. The van der Waals surface area contributed by atoms with Crippen LogP contribution in [0.4, 0.5) is 10.5 Å². The minimum Gasteiger partial charge on any atom is -1.00 e. The van der Waals surface area contributed by atoms with Crippen molar-refractivity contribution in [2.24, 2.45) is 0 Å². The molecule has 21 heavy (non-hydrogen) atoms. The second-order valence-electron chi connectivity index (χ2n) is 5.46. The molecular weight excluding hydrogens is 424 g/mol. The fourth-order valence-corrected chi connectivity index (χ4v) is 2.82. The van der Waals surface area contributed by atoms with Crippen molar-refractivity contribution in [1.29, 1.82) is 0 Å². The molecule has 0 bridgehead atoms. The molecule has 1 saturated heterocycles. The molecular formula is C14H20Cl2IN3O. The third-order valence-electron chi connectivity index (χ3n) is 3.98. The predicted molar refractivity (Wildman–Crippen MR) is 83.5 cm³/mol. The van der Waals surface area contributed by atoms with E-state index in [0.29, 0.717) is 15.7 Å². The molecule has 0 aliphatic carbocycles. The van der Waals surface area contributed by atoms with E-state index >= 15 is 0 Å². The lowest BCUT2D eigenvalue weighted by Crippen LogP contribution is -3.00. The number of nitrogens with one attached hydrogen (secondary N) is 1. The molecule has 7 heteroatoms. The third kappa shape index (κ3) is 5.16. The maximum atomic E-state index is 12.2. The first-order valence-corrected chi connectivity index (χ1v) is 7.53. The minimum absolute atomic E-state index is 0. The first-order valence-electron chi connectivity index (χ1n) is 6.77. The van der Waals surface area contributed by atoms with Crippen molar-refractivity contribution < 1.29 is 33.3 Å². The van der Waals surface area contributed by atoms with Crippen LogP contribution in [0, 0.1) is 0 Å². The molecule has 0 atom stereocenters. The van der Waals surface area contributed by atoms with Crippen LogP contribution < -0.4 is 29.3 Å². The van der Waals surface area contributed by atoms with E-state index in [1.807, 2.05) is 4.90 Å². The number of quaternary nitrogens is 1. The molecule has 118 valence electrons. The van der Waals surface area contributed by atoms with E-state index in [9.17, 15) is 4.79 Å². The highest BCUT2D eigenvalue weighted by Crippen LogP contribution is 2.23. The van der Waals surface area contributed by atoms with Crippen molar-refractivity contribution in [2.75, 3.05) is 45.1 Å². The molecule has 1 aliphatic heterocycles. The summed E-state index contributed by atoms with van der Waals surface area (Å²) in [4.78, 5) is 14.0. The maximum Gasteiger partial charge on any atom is 0.322 e. The molecule has 0 saturated carbocycles. The van der Waals surface area contributed by atoms with Crippen molar-refractivity contribution >= 4 is 34.9 Å². The topological polar surface area (TPSA) is 32.3 Å². The zero-order valence-electron chi connectivity index (χ0n) is 12.2. The highest BCUT2D eigenvalue weighted by molar-refractivity contribution is 6.35. The van der Waals surface area contributed by atoms with E-state index in [1.54, 1.807) is 18.2 Å². The van der Waals surface area contributed by atoms with Gasteiger partial charge in [0.1, 0.15) is 0 Å². The molecule has 2 amide bonds. The Morgan fingerprint density at radius 2 is 1.76 bits per heavy atom. The van der Waals surface area contributed by atoms with Crippen molar-refractivity contribution in [3.63, 3.8) is 0 Å². The number of hydrogen-bond acceptors (Lipinski definition) is 1. The number of rotatable bonds is 2. The van der Waals surface area contributed by atoms with Gasteiger partial charge in [0.15, 0.2) is 0 Å². The highest BCUT2D eigenvalue weighted by Gasteiger charge is 2.29. The molecule has 4 nitrogen and oxygen atoms in total. The largest absolute Gasteiger partial charge is 1.00 e. The van der Waals surface area contributed by atoms with E-state index < -0.39 is 0 Å². The van der Waals surface area contributed by atoms with Gasteiger partial charge in [-0.2, -0.15) is 0 Å². The first-order chi connectivity index (χ1) is 9.42. The van der Waals surface area contributed by atoms with Crippen molar-refractivity contribution in [3.8, 4) is 0 Å². The molecule has 1 heterocycles. The van der Waals surface area contributed by atoms with Gasteiger partial charge in [0, 0.05) is 15.7 Å². The number of piperazine rings is 1. The van der Waals surface area contributed by atoms with Crippen LogP contribution in [0.1, 0.15) is 6.92 Å². The molecule has 1 fully saturated rings. The Kier molecular flexibility index (Phi) is 7.03. The van der Waals surface area contributed by atoms with E-state index in [0.717, 1.165) is 37.2 Å². The number of halogens is 3. The van der Waals surface area contributed by atoms with Crippen molar-refractivity contribution in [3.05, 3.63) is 28.2 Å². The summed E-state index contributed by atoms with van der Waals surface area (Å²) in [5, 5.41) is 3.88. The van der Waals surface area contributed by atoms with Gasteiger partial charge in [0.2, 0.25) is 0 Å². The van der Waals surface area contributed by atoms with E-state index in [-0.39, 0.29) is 30.0 Å². The van der Waals surface area contributed by atoms with Crippen LogP contribution in [0.15, 0.2) is 18.2 Å². The molecule has 0 unspecified atom stereocenters. The fourth-order valence-electron chi connectivity index (χ4n) is 2.30. The highest BCUT2D eigenvalue weighted by atomic mass is 127. The van der Waals surface area contributed by atoms with Gasteiger partial charge in [-0.3, -0.25) is 0 Å². The Bertz CT molecular complexity index is 485. The van der Waals surface area contributed by atoms with Gasteiger partial charge < -0.3 is 38.7 Å². The Hall–Kier alpha value is -0.240. The predicted octanol–water partition coefficient (Wildman–Crippen LogP) is 0.311. The van der Waals surface area contributed by atoms with Crippen LogP contribution in [0.25, 0.3) is 0 Å². The number of amides is 2. The summed E-state index contributed by atoms with van der Waals surface area (Å²) in [7, 11) is 2.23. The zero-order valence-corrected chi connectivity index (χ0v) is 15.9. The summed E-state index contributed by atoms with van der Waals surface area (Å²) in [6, 6.07) is 4.94. The normalized spacial score (nSPS) is 17.0. The summed E-state index contributed by atoms with van der Waals surface area (Å²) < 4.78 is 1.02. The van der Waals surface area contributed by atoms with E-state index in [1.165, 1.54) is 0 Å². The Balaban J connectivity index is 0.00000220. The van der Waals surface area contributed by atoms with Crippen LogP contribution in [-0.2, 0) is 0 Å². The van der Waals surface area contributed by atoms with Crippen LogP contribution in [0.5, 0.6) is 0 Å². The smallest absolute Gasteiger partial charge is 0.322 e. The molecule has 1 aromatic rings. The summed E-state index contributed by atoms with van der Waals surface area (Å²) >= 11 is 11.8. The van der Waals surface area contributed by atoms with Crippen molar-refractivity contribution in [2.45, 2.75) is 6.92 Å². The zero-order chi connectivity index (χ0) is 14.8. The number of likely N-dealkylation sites (N-methyl/N-ethyl adjacent to an activating group) is 1. The summed E-state index contributed by atoms with van der Waals surface area (Å²) in [6.07, 6.45) is 0. The van der Waals surface area contributed by atoms with Gasteiger partial charge >= 0.3 is 6.03 Å². The SMILES string of the molecule is CC[N+]1(C)CCN(C(=O)Nc2cc(Cl)cc(Cl)c2)CC1.[I-]. The van der Waals surface area contributed by atoms with Gasteiger partial charge in [-0.15, -0.1) is 0 Å². The van der Waals surface area contributed by atoms with Gasteiger partial charge in [-0.05, 0) is 25.1 Å². The van der Waals surface area contributed by atoms with Crippen LogP contribution >= 0.6 is 23.2 Å². The molecule has 1 aliphatic rings. The summed E-state index contributed by atoms with van der Waals surface area (Å²) in [6.45, 7) is 6.79. The van der Waals surface area contributed by atoms with Gasteiger partial charge in [0.05, 0.1) is 39.8 Å². The second-order valence-corrected chi connectivity index (χ2v) is 6.33. The summed E-state index contributed by atoms with van der Waals surface area (Å²) in [5.74, 6) is 0. The number of benzene rings is 1. The molecule has 1 aromatic carbocycles. The number of carbonyl (C=O) groups is 1. The average molecular weight is 444 g/mol. The quantitative estimate of drug-likeness (QED) is 0.518. The van der Waals surface area contributed by atoms with Crippen LogP contribution in [0.3, 0.4) is 0 Å². The fraction of sp³-hybridized carbons (Fsp3) is 0.500. The molecule has 0 aromatic heterocycles. The molecule has 2 rings (SSSR count). The van der Waals surface area contributed by atoms with Crippen LogP contribution in [0.2, 0.25) is 10.0 Å². The molecule has 0 spiro atoms. The van der Waals surface area contributed by atoms with Crippen molar-refractivity contribution in [1.82, 2.24) is 4.90 Å². The van der Waals surface area contributed by atoms with E-state index in [4.69, 9.17) is 23.2 Å². The number of nitrogens with zero attached hydrogens (tertiary/aromatic N) is 2. The summed E-state index contributed by atoms with van der Waals surface area (Å²) in [5.41, 5.74) is 0.630. The maximum absolute atomic E-state index is 12.2. The molecule has 0 radical (unpaired) electrons. The standard InChI is InChI=1S/C14H19Cl2N3O.HI/c1-3-19(2)6-4-18(5-7-19)14(20)17-13-9-11(15)8-12(16)10-13;/h8-10H,3-7H2,1-2H3;1H. The molecule has 1 N–H and O–H groups in total. The van der Waals surface area contributed by atoms with Gasteiger partial charge in [-0.25, -0.2) is 4.79 Å². The lowest BCUT2D eigenvalue weighted by Gasteiger charge is -2.41. The van der Waals surface area contributed by atoms with E-state index in [2.05, 4.69) is 19.3 Å². The average Bonchev–Trinajstić information content (AvgIpc) is 2.38. The second kappa shape index (κ2) is 7.85. The first kappa shape index (κ1) is 18.8. The number of anilines is 1. The monoisotopic (exact) mass is 443 g/mol.